The Hall–Kier alpha value is -2.72. The molecule has 0 N–H and O–H groups in total. The van der Waals surface area contributed by atoms with Crippen LogP contribution in [0.5, 0.6) is 0 Å². The Kier molecular flexibility index (Phi) is 3.32. The number of hydrogen-bond acceptors (Lipinski definition) is 5. The molecular formula is C16H13N5OS. The van der Waals surface area contributed by atoms with Crippen LogP contribution in [0.2, 0.25) is 0 Å². The number of amides is 1. The van der Waals surface area contributed by atoms with Crippen LogP contribution in [0.1, 0.15) is 28.2 Å². The maximum absolute atomic E-state index is 13.0. The Bertz CT molecular complexity index is 935. The number of benzene rings is 1. The second-order valence-electron chi connectivity index (χ2n) is 5.44. The van der Waals surface area contributed by atoms with Gasteiger partial charge in [-0.15, -0.1) is 11.3 Å². The Morgan fingerprint density at radius 1 is 1.35 bits per heavy atom. The summed E-state index contributed by atoms with van der Waals surface area (Å²) in [7, 11) is 0. The van der Waals surface area contributed by atoms with Crippen molar-refractivity contribution >= 4 is 27.5 Å². The summed E-state index contributed by atoms with van der Waals surface area (Å²) in [5.74, 6) is 0.00741. The summed E-state index contributed by atoms with van der Waals surface area (Å²) in [5, 5.41) is 13.2. The van der Waals surface area contributed by atoms with Crippen molar-refractivity contribution in [3.63, 3.8) is 0 Å². The minimum atomic E-state index is 0.00741. The molecule has 114 valence electrons. The van der Waals surface area contributed by atoms with Gasteiger partial charge in [0.2, 0.25) is 0 Å². The van der Waals surface area contributed by atoms with E-state index in [9.17, 15) is 4.79 Å². The summed E-state index contributed by atoms with van der Waals surface area (Å²) in [5.41, 5.74) is 4.62. The molecule has 1 amide bonds. The Morgan fingerprint density at radius 2 is 2.26 bits per heavy atom. The van der Waals surface area contributed by atoms with Crippen LogP contribution in [0.4, 0.5) is 0 Å². The monoisotopic (exact) mass is 323 g/mol. The number of carbonyl (C=O) groups is 1. The van der Waals surface area contributed by atoms with Gasteiger partial charge in [-0.05, 0) is 24.6 Å². The summed E-state index contributed by atoms with van der Waals surface area (Å²) >= 11 is 1.49. The zero-order valence-corrected chi connectivity index (χ0v) is 13.1. The molecule has 3 heterocycles. The maximum Gasteiger partial charge on any atom is 0.255 e. The van der Waals surface area contributed by atoms with E-state index in [2.05, 4.69) is 16.2 Å². The van der Waals surface area contributed by atoms with Gasteiger partial charge >= 0.3 is 0 Å². The van der Waals surface area contributed by atoms with E-state index in [0.717, 1.165) is 28.9 Å². The molecule has 1 aromatic carbocycles. The predicted molar refractivity (Wildman–Crippen MR) is 85.9 cm³/mol. The Balaban J connectivity index is 1.68. The second kappa shape index (κ2) is 5.48. The molecule has 7 heteroatoms. The molecule has 0 aliphatic carbocycles. The van der Waals surface area contributed by atoms with Crippen molar-refractivity contribution in [2.75, 3.05) is 6.54 Å². The van der Waals surface area contributed by atoms with Crippen molar-refractivity contribution in [3.8, 4) is 6.07 Å². The third-order valence-electron chi connectivity index (χ3n) is 4.00. The fourth-order valence-corrected chi connectivity index (χ4v) is 3.71. The summed E-state index contributed by atoms with van der Waals surface area (Å²) in [6, 6.07) is 9.46. The summed E-state index contributed by atoms with van der Waals surface area (Å²) < 4.78 is 2.76. The number of thiazole rings is 1. The fourth-order valence-electron chi connectivity index (χ4n) is 2.92. The molecule has 0 saturated carbocycles. The largest absolute Gasteiger partial charge is 0.333 e. The van der Waals surface area contributed by atoms with E-state index in [-0.39, 0.29) is 5.91 Å². The zero-order valence-electron chi connectivity index (χ0n) is 12.3. The second-order valence-corrected chi connectivity index (χ2v) is 6.30. The van der Waals surface area contributed by atoms with Crippen molar-refractivity contribution in [2.24, 2.45) is 0 Å². The van der Waals surface area contributed by atoms with Crippen molar-refractivity contribution in [3.05, 3.63) is 46.7 Å². The van der Waals surface area contributed by atoms with Crippen LogP contribution >= 0.6 is 11.3 Å². The van der Waals surface area contributed by atoms with Crippen LogP contribution in [0.15, 0.2) is 29.8 Å². The first kappa shape index (κ1) is 13.9. The lowest BCUT2D eigenvalue weighted by Gasteiger charge is -2.20. The number of carbonyl (C=O) groups excluding carboxylic acids is 1. The van der Waals surface area contributed by atoms with E-state index in [1.54, 1.807) is 11.6 Å². The van der Waals surface area contributed by atoms with Gasteiger partial charge in [0.25, 0.3) is 5.91 Å². The first-order chi connectivity index (χ1) is 11.3. The summed E-state index contributed by atoms with van der Waals surface area (Å²) in [4.78, 5) is 19.1. The quantitative estimate of drug-likeness (QED) is 0.689. The van der Waals surface area contributed by atoms with E-state index in [0.29, 0.717) is 24.3 Å². The van der Waals surface area contributed by atoms with Crippen molar-refractivity contribution < 1.29 is 4.79 Å². The third kappa shape index (κ3) is 2.37. The smallest absolute Gasteiger partial charge is 0.255 e. The van der Waals surface area contributed by atoms with Crippen LogP contribution in [0, 0.1) is 11.3 Å². The standard InChI is InChI=1S/C16H13N5OS/c17-8-11-7-12-9-20(5-2-6-21(12)19-11)16(22)13-3-1-4-14-15(13)23-10-18-14/h1,3-4,7,10H,2,5-6,9H2. The lowest BCUT2D eigenvalue weighted by atomic mass is 10.1. The number of rotatable bonds is 1. The Labute approximate surface area is 136 Å². The normalized spacial score (nSPS) is 14.3. The van der Waals surface area contributed by atoms with Gasteiger partial charge in [-0.1, -0.05) is 6.07 Å². The van der Waals surface area contributed by atoms with Gasteiger partial charge in [0, 0.05) is 13.1 Å². The predicted octanol–water partition coefficient (Wildman–Crippen LogP) is 2.41. The fraction of sp³-hybridized carbons (Fsp3) is 0.250. The van der Waals surface area contributed by atoms with Gasteiger partial charge in [-0.25, -0.2) is 4.98 Å². The highest BCUT2D eigenvalue weighted by atomic mass is 32.1. The Morgan fingerprint density at radius 3 is 3.13 bits per heavy atom. The van der Waals surface area contributed by atoms with Crippen molar-refractivity contribution in [1.29, 1.82) is 5.26 Å². The minimum absolute atomic E-state index is 0.00741. The lowest BCUT2D eigenvalue weighted by Crippen LogP contribution is -2.30. The van der Waals surface area contributed by atoms with E-state index in [1.165, 1.54) is 11.3 Å². The minimum Gasteiger partial charge on any atom is -0.333 e. The van der Waals surface area contributed by atoms with Gasteiger partial charge in [0.1, 0.15) is 6.07 Å². The average Bonchev–Trinajstić information content (AvgIpc) is 3.15. The number of fused-ring (bicyclic) bond motifs is 2. The first-order valence-electron chi connectivity index (χ1n) is 7.34. The van der Waals surface area contributed by atoms with Crippen LogP contribution in [0.3, 0.4) is 0 Å². The average molecular weight is 323 g/mol. The number of aryl methyl sites for hydroxylation is 1. The molecule has 0 fully saturated rings. The van der Waals surface area contributed by atoms with Gasteiger partial charge in [-0.2, -0.15) is 10.4 Å². The first-order valence-corrected chi connectivity index (χ1v) is 8.22. The van der Waals surface area contributed by atoms with E-state index >= 15 is 0 Å². The number of nitriles is 1. The zero-order chi connectivity index (χ0) is 15.8. The van der Waals surface area contributed by atoms with Crippen LogP contribution in [-0.4, -0.2) is 32.1 Å². The highest BCUT2D eigenvalue weighted by molar-refractivity contribution is 7.17. The molecule has 0 unspecified atom stereocenters. The number of aromatic nitrogens is 3. The topological polar surface area (TPSA) is 74.8 Å². The molecule has 3 aromatic rings. The molecule has 0 bridgehead atoms. The molecule has 0 atom stereocenters. The van der Waals surface area contributed by atoms with E-state index < -0.39 is 0 Å². The molecular weight excluding hydrogens is 310 g/mol. The summed E-state index contributed by atoms with van der Waals surface area (Å²) in [6.45, 7) is 1.88. The van der Waals surface area contributed by atoms with Gasteiger partial charge in [0.15, 0.2) is 5.69 Å². The SMILES string of the molecule is N#Cc1cc2n(n1)CCCN(C(=O)c1cccc3ncsc13)C2. The van der Waals surface area contributed by atoms with Crippen LogP contribution in [0.25, 0.3) is 10.2 Å². The van der Waals surface area contributed by atoms with Gasteiger partial charge in [-0.3, -0.25) is 9.48 Å². The van der Waals surface area contributed by atoms with Crippen molar-refractivity contribution in [1.82, 2.24) is 19.7 Å². The molecule has 0 radical (unpaired) electrons. The third-order valence-corrected chi connectivity index (χ3v) is 4.88. The highest BCUT2D eigenvalue weighted by Crippen LogP contribution is 2.25. The van der Waals surface area contributed by atoms with Gasteiger partial charge < -0.3 is 4.90 Å². The molecule has 23 heavy (non-hydrogen) atoms. The maximum atomic E-state index is 13.0. The molecule has 0 saturated heterocycles. The van der Waals surface area contributed by atoms with E-state index in [1.807, 2.05) is 27.8 Å². The molecule has 2 aromatic heterocycles. The number of hydrogen-bond donors (Lipinski definition) is 0. The van der Waals surface area contributed by atoms with Gasteiger partial charge in [0.05, 0.1) is 33.5 Å². The molecule has 0 spiro atoms. The summed E-state index contributed by atoms with van der Waals surface area (Å²) in [6.07, 6.45) is 0.823. The highest BCUT2D eigenvalue weighted by Gasteiger charge is 2.23. The lowest BCUT2D eigenvalue weighted by molar-refractivity contribution is 0.0748. The van der Waals surface area contributed by atoms with Crippen LogP contribution < -0.4 is 0 Å². The molecule has 1 aliphatic rings. The molecule has 1 aliphatic heterocycles. The van der Waals surface area contributed by atoms with Crippen LogP contribution in [-0.2, 0) is 13.1 Å². The van der Waals surface area contributed by atoms with E-state index in [4.69, 9.17) is 5.26 Å². The molecule has 6 nitrogen and oxygen atoms in total. The number of nitrogens with zero attached hydrogens (tertiary/aromatic N) is 5. The van der Waals surface area contributed by atoms with Crippen molar-refractivity contribution in [2.45, 2.75) is 19.5 Å². The molecule has 4 rings (SSSR count).